The Labute approximate surface area is 169 Å². The van der Waals surface area contributed by atoms with Crippen molar-refractivity contribution in [3.05, 3.63) is 71.5 Å². The van der Waals surface area contributed by atoms with E-state index in [1.165, 1.54) is 11.1 Å². The molecule has 2 aromatic carbocycles. The molecule has 4 rings (SSSR count). The van der Waals surface area contributed by atoms with Crippen molar-refractivity contribution in [1.82, 2.24) is 15.0 Å². The van der Waals surface area contributed by atoms with Crippen LogP contribution in [0, 0.1) is 13.8 Å². The number of hydrogen-bond acceptors (Lipinski definition) is 6. The van der Waals surface area contributed by atoms with E-state index in [1.807, 2.05) is 62.4 Å². The van der Waals surface area contributed by atoms with Gasteiger partial charge >= 0.3 is 0 Å². The Bertz CT molecular complexity index is 924. The van der Waals surface area contributed by atoms with Crippen LogP contribution >= 0.6 is 0 Å². The van der Waals surface area contributed by atoms with Crippen LogP contribution in [-0.4, -0.2) is 38.9 Å². The van der Waals surface area contributed by atoms with Gasteiger partial charge in [-0.25, -0.2) is 4.68 Å². The second-order valence-corrected chi connectivity index (χ2v) is 7.31. The van der Waals surface area contributed by atoms with Gasteiger partial charge in [0.25, 0.3) is 0 Å². The first-order chi connectivity index (χ1) is 14.1. The highest BCUT2D eigenvalue weighted by atomic mass is 16.6. The lowest BCUT2D eigenvalue weighted by molar-refractivity contribution is -0.0406. The van der Waals surface area contributed by atoms with Gasteiger partial charge in [0, 0.05) is 6.42 Å². The van der Waals surface area contributed by atoms with Crippen LogP contribution in [-0.2, 0) is 11.3 Å². The second-order valence-electron chi connectivity index (χ2n) is 7.31. The van der Waals surface area contributed by atoms with Gasteiger partial charge in [0.05, 0.1) is 12.8 Å². The predicted octanol–water partition coefficient (Wildman–Crippen LogP) is 3.20. The minimum atomic E-state index is -0.329. The van der Waals surface area contributed by atoms with Crippen LogP contribution in [0.25, 0.3) is 0 Å². The lowest BCUT2D eigenvalue weighted by Crippen LogP contribution is -2.32. The number of aromatic nitrogens is 3. The Kier molecular flexibility index (Phi) is 5.78. The zero-order valence-electron chi connectivity index (χ0n) is 16.6. The number of ether oxygens (including phenoxy) is 3. The third kappa shape index (κ3) is 4.75. The zero-order chi connectivity index (χ0) is 20.2. The molecule has 1 fully saturated rings. The number of rotatable bonds is 7. The summed E-state index contributed by atoms with van der Waals surface area (Å²) in [5.74, 6) is 1.58. The molecule has 2 heterocycles. The molecule has 0 saturated carbocycles. The minimum absolute atomic E-state index is 0.157. The number of benzene rings is 2. The van der Waals surface area contributed by atoms with E-state index >= 15 is 0 Å². The molecule has 0 amide bonds. The Hall–Kier alpha value is -2.90. The highest BCUT2D eigenvalue weighted by Crippen LogP contribution is 2.32. The molecule has 0 aliphatic carbocycles. The van der Waals surface area contributed by atoms with Crippen LogP contribution in [0.3, 0.4) is 0 Å². The maximum Gasteiger partial charge on any atom is 0.156 e. The number of aliphatic hydroxyl groups is 1. The third-order valence-corrected chi connectivity index (χ3v) is 4.94. The molecular formula is C22H25N3O4. The Balaban J connectivity index is 1.47. The van der Waals surface area contributed by atoms with E-state index in [0.717, 1.165) is 11.5 Å². The maximum absolute atomic E-state index is 9.24. The molecule has 7 nitrogen and oxygen atoms in total. The van der Waals surface area contributed by atoms with Gasteiger partial charge in [-0.1, -0.05) is 40.6 Å². The summed E-state index contributed by atoms with van der Waals surface area (Å²) >= 11 is 0. The highest BCUT2D eigenvalue weighted by Gasteiger charge is 2.39. The van der Waals surface area contributed by atoms with E-state index in [2.05, 4.69) is 10.3 Å². The molecule has 0 radical (unpaired) electrons. The summed E-state index contributed by atoms with van der Waals surface area (Å²) in [4.78, 5) is 0. The normalized spacial score (nSPS) is 21.3. The largest absolute Gasteiger partial charge is 0.491 e. The summed E-state index contributed by atoms with van der Waals surface area (Å²) in [5, 5.41) is 17.2. The fourth-order valence-electron chi connectivity index (χ4n) is 3.27. The van der Waals surface area contributed by atoms with Gasteiger partial charge in [-0.05, 0) is 38.1 Å². The van der Waals surface area contributed by atoms with Crippen molar-refractivity contribution in [2.75, 3.05) is 6.61 Å². The first kappa shape index (κ1) is 19.4. The Morgan fingerprint density at radius 1 is 1.03 bits per heavy atom. The zero-order valence-corrected chi connectivity index (χ0v) is 16.6. The number of nitrogens with zero attached hydrogens (tertiary/aromatic N) is 3. The van der Waals surface area contributed by atoms with E-state index in [4.69, 9.17) is 14.2 Å². The molecule has 1 aliphatic rings. The van der Waals surface area contributed by atoms with Crippen LogP contribution < -0.4 is 9.47 Å². The molecule has 1 aliphatic heterocycles. The van der Waals surface area contributed by atoms with Crippen molar-refractivity contribution in [3.63, 3.8) is 0 Å². The second kappa shape index (κ2) is 8.63. The lowest BCUT2D eigenvalue weighted by Gasteiger charge is -2.20. The van der Waals surface area contributed by atoms with Gasteiger partial charge < -0.3 is 19.3 Å². The number of aliphatic hydroxyl groups excluding tert-OH is 1. The van der Waals surface area contributed by atoms with Crippen molar-refractivity contribution >= 4 is 0 Å². The van der Waals surface area contributed by atoms with Gasteiger partial charge in [-0.15, -0.1) is 5.10 Å². The van der Waals surface area contributed by atoms with E-state index in [9.17, 15) is 5.11 Å². The molecule has 1 saturated heterocycles. The molecule has 29 heavy (non-hydrogen) atoms. The monoisotopic (exact) mass is 395 g/mol. The van der Waals surface area contributed by atoms with Crippen LogP contribution in [0.1, 0.15) is 29.5 Å². The lowest BCUT2D eigenvalue weighted by atomic mass is 10.1. The van der Waals surface area contributed by atoms with E-state index in [1.54, 1.807) is 10.9 Å². The van der Waals surface area contributed by atoms with Gasteiger partial charge in [0.1, 0.15) is 36.0 Å². The summed E-state index contributed by atoms with van der Waals surface area (Å²) in [6.45, 7) is 4.28. The van der Waals surface area contributed by atoms with Crippen LogP contribution in [0.5, 0.6) is 11.5 Å². The Morgan fingerprint density at radius 3 is 2.31 bits per heavy atom. The first-order valence-corrected chi connectivity index (χ1v) is 9.70. The molecule has 152 valence electrons. The number of aryl methyl sites for hydroxylation is 2. The summed E-state index contributed by atoms with van der Waals surface area (Å²) in [6, 6.07) is 15.9. The first-order valence-electron chi connectivity index (χ1n) is 9.70. The molecule has 7 heteroatoms. The van der Waals surface area contributed by atoms with E-state index in [-0.39, 0.29) is 25.0 Å². The Morgan fingerprint density at radius 2 is 1.69 bits per heavy atom. The molecular weight excluding hydrogens is 370 g/mol. The van der Waals surface area contributed by atoms with Crippen LogP contribution in [0.15, 0.2) is 54.7 Å². The topological polar surface area (TPSA) is 78.6 Å². The molecule has 0 spiro atoms. The molecule has 3 aromatic rings. The van der Waals surface area contributed by atoms with Crippen LogP contribution in [0.2, 0.25) is 0 Å². The maximum atomic E-state index is 9.24. The standard InChI is InChI=1S/C22H25N3O4/c1-15-3-7-18(8-4-15)27-14-21-20(28-19-9-5-16(2)6-10-19)11-22(29-21)25-12-17(13-26)23-24-25/h3-10,12,20-22,26H,11,13-14H2,1-2H3/t20-,21+,22+/m0/s1. The minimum Gasteiger partial charge on any atom is -0.491 e. The van der Waals surface area contributed by atoms with Crippen molar-refractivity contribution in [2.45, 2.75) is 45.3 Å². The smallest absolute Gasteiger partial charge is 0.156 e. The summed E-state index contributed by atoms with van der Waals surface area (Å²) in [5.41, 5.74) is 2.86. The van der Waals surface area contributed by atoms with Gasteiger partial charge in [0.15, 0.2) is 6.23 Å². The fourth-order valence-corrected chi connectivity index (χ4v) is 3.27. The van der Waals surface area contributed by atoms with Gasteiger partial charge in [0.2, 0.25) is 0 Å². The molecule has 3 atom stereocenters. The SMILES string of the molecule is Cc1ccc(OC[C@H]2O[C@@H](n3cc(CO)nn3)C[C@@H]2Oc2ccc(C)cc2)cc1. The summed E-state index contributed by atoms with van der Waals surface area (Å²) in [6.07, 6.45) is 1.49. The quantitative estimate of drug-likeness (QED) is 0.662. The molecule has 1 aromatic heterocycles. The van der Waals surface area contributed by atoms with Crippen LogP contribution in [0.4, 0.5) is 0 Å². The average molecular weight is 395 g/mol. The third-order valence-electron chi connectivity index (χ3n) is 4.94. The summed E-state index contributed by atoms with van der Waals surface area (Å²) < 4.78 is 20.0. The van der Waals surface area contributed by atoms with E-state index < -0.39 is 0 Å². The number of hydrogen-bond donors (Lipinski definition) is 1. The van der Waals surface area contributed by atoms with Gasteiger partial charge in [-0.2, -0.15) is 0 Å². The fraction of sp³-hybridized carbons (Fsp3) is 0.364. The van der Waals surface area contributed by atoms with Crippen molar-refractivity contribution in [3.8, 4) is 11.5 Å². The average Bonchev–Trinajstić information content (AvgIpc) is 3.36. The highest BCUT2D eigenvalue weighted by molar-refractivity contribution is 5.27. The van der Waals surface area contributed by atoms with Gasteiger partial charge in [-0.3, -0.25) is 0 Å². The van der Waals surface area contributed by atoms with Crippen molar-refractivity contribution < 1.29 is 19.3 Å². The van der Waals surface area contributed by atoms with Crippen molar-refractivity contribution in [1.29, 1.82) is 0 Å². The molecule has 1 N–H and O–H groups in total. The molecule has 0 bridgehead atoms. The molecule has 0 unspecified atom stereocenters. The van der Waals surface area contributed by atoms with E-state index in [0.29, 0.717) is 18.7 Å². The summed E-state index contributed by atoms with van der Waals surface area (Å²) in [7, 11) is 0. The predicted molar refractivity (Wildman–Crippen MR) is 107 cm³/mol. The van der Waals surface area contributed by atoms with Crippen molar-refractivity contribution in [2.24, 2.45) is 0 Å².